The van der Waals surface area contributed by atoms with Gasteiger partial charge in [0.2, 0.25) is 11.8 Å². The molecule has 0 aromatic carbocycles. The molecule has 1 aliphatic rings. The Labute approximate surface area is 117 Å². The average molecular weight is 299 g/mol. The molecule has 7 nitrogen and oxygen atoms in total. The number of hydrogen-bond donors (Lipinski definition) is 1. The molecule has 0 spiro atoms. The highest BCUT2D eigenvalue weighted by Gasteiger charge is 2.39. The molecule has 3 rings (SSSR count). The van der Waals surface area contributed by atoms with Crippen LogP contribution in [0, 0.1) is 0 Å². The van der Waals surface area contributed by atoms with E-state index in [1.165, 1.54) is 0 Å². The summed E-state index contributed by atoms with van der Waals surface area (Å²) in [6.45, 7) is 1.02. The van der Waals surface area contributed by atoms with Crippen molar-refractivity contribution in [3.8, 4) is 0 Å². The summed E-state index contributed by atoms with van der Waals surface area (Å²) in [4.78, 5) is 10.1. The first-order valence-corrected chi connectivity index (χ1v) is 6.24. The van der Waals surface area contributed by atoms with Crippen molar-refractivity contribution in [1.29, 1.82) is 0 Å². The van der Waals surface area contributed by atoms with Crippen LogP contribution in [0.5, 0.6) is 0 Å². The largest absolute Gasteiger partial charge is 0.451 e. The van der Waals surface area contributed by atoms with Gasteiger partial charge in [-0.15, -0.1) is 10.2 Å². The fourth-order valence-corrected chi connectivity index (χ4v) is 2.15. The lowest BCUT2D eigenvalue weighted by atomic mass is 10.3. The number of nitrogens with two attached hydrogens (primary N) is 1. The predicted octanol–water partition coefficient (Wildman–Crippen LogP) is 0.566. The Balaban J connectivity index is 1.83. The van der Waals surface area contributed by atoms with Gasteiger partial charge in [-0.2, -0.15) is 13.2 Å². The van der Waals surface area contributed by atoms with Crippen LogP contribution in [0.2, 0.25) is 0 Å². The Hall–Kier alpha value is -2.23. The maximum atomic E-state index is 12.7. The standard InChI is InChI=1S/C11H12F3N7/c12-11(13,14)9-19-18-8-6-20(1-2-21(8)9)10-16-4-7(3-15)5-17-10/h4-5H,1-3,6,15H2. The number of nitrogens with zero attached hydrogens (tertiary/aromatic N) is 6. The number of rotatable bonds is 2. The van der Waals surface area contributed by atoms with E-state index >= 15 is 0 Å². The number of fused-ring (bicyclic) bond motifs is 1. The van der Waals surface area contributed by atoms with E-state index in [0.717, 1.165) is 10.1 Å². The van der Waals surface area contributed by atoms with Crippen LogP contribution in [0.25, 0.3) is 0 Å². The lowest BCUT2D eigenvalue weighted by Crippen LogP contribution is -2.36. The molecule has 2 aromatic rings. The van der Waals surface area contributed by atoms with Crippen LogP contribution < -0.4 is 10.6 Å². The minimum atomic E-state index is -4.49. The number of halogens is 3. The van der Waals surface area contributed by atoms with Crippen LogP contribution in [0.3, 0.4) is 0 Å². The van der Waals surface area contributed by atoms with Crippen LogP contribution in [0.4, 0.5) is 19.1 Å². The van der Waals surface area contributed by atoms with Gasteiger partial charge in [0.15, 0.2) is 5.82 Å². The van der Waals surface area contributed by atoms with Gasteiger partial charge >= 0.3 is 6.18 Å². The molecule has 0 saturated carbocycles. The summed E-state index contributed by atoms with van der Waals surface area (Å²) in [6, 6.07) is 0. The van der Waals surface area contributed by atoms with Crippen LogP contribution in [-0.4, -0.2) is 31.3 Å². The first kappa shape index (κ1) is 13.7. The minimum Gasteiger partial charge on any atom is -0.331 e. The highest BCUT2D eigenvalue weighted by atomic mass is 19.4. The van der Waals surface area contributed by atoms with Crippen molar-refractivity contribution in [2.45, 2.75) is 25.8 Å². The summed E-state index contributed by atoms with van der Waals surface area (Å²) < 4.78 is 39.3. The van der Waals surface area contributed by atoms with Crippen molar-refractivity contribution in [2.24, 2.45) is 5.73 Å². The topological polar surface area (TPSA) is 85.8 Å². The van der Waals surface area contributed by atoms with Gasteiger partial charge in [0.25, 0.3) is 0 Å². The molecule has 21 heavy (non-hydrogen) atoms. The zero-order chi connectivity index (χ0) is 15.0. The number of hydrogen-bond acceptors (Lipinski definition) is 6. The summed E-state index contributed by atoms with van der Waals surface area (Å²) in [5, 5.41) is 6.84. The molecule has 112 valence electrons. The maximum Gasteiger partial charge on any atom is 0.451 e. The molecule has 0 atom stereocenters. The van der Waals surface area contributed by atoms with Crippen molar-refractivity contribution < 1.29 is 13.2 Å². The Bertz CT molecular complexity index is 634. The molecule has 0 fully saturated rings. The first-order valence-electron chi connectivity index (χ1n) is 6.24. The predicted molar refractivity (Wildman–Crippen MR) is 66.0 cm³/mol. The second kappa shape index (κ2) is 4.95. The van der Waals surface area contributed by atoms with Crippen LogP contribution in [0.1, 0.15) is 17.2 Å². The van der Waals surface area contributed by atoms with Crippen LogP contribution >= 0.6 is 0 Å². The molecule has 3 heterocycles. The van der Waals surface area contributed by atoms with Crippen molar-refractivity contribution >= 4 is 5.95 Å². The van der Waals surface area contributed by atoms with Crippen molar-refractivity contribution in [2.75, 3.05) is 11.4 Å². The van der Waals surface area contributed by atoms with E-state index < -0.39 is 12.0 Å². The molecule has 0 bridgehead atoms. The molecule has 0 unspecified atom stereocenters. The van der Waals surface area contributed by atoms with E-state index in [1.807, 2.05) is 0 Å². The lowest BCUT2D eigenvalue weighted by molar-refractivity contribution is -0.147. The average Bonchev–Trinajstić information content (AvgIpc) is 2.90. The zero-order valence-electron chi connectivity index (χ0n) is 10.9. The minimum absolute atomic E-state index is 0.138. The van der Waals surface area contributed by atoms with Crippen LogP contribution in [0.15, 0.2) is 12.4 Å². The normalized spacial score (nSPS) is 15.1. The third-order valence-corrected chi connectivity index (χ3v) is 3.22. The molecule has 1 aliphatic heterocycles. The van der Waals surface area contributed by atoms with Gasteiger partial charge in [-0.25, -0.2) is 9.97 Å². The van der Waals surface area contributed by atoms with Gasteiger partial charge in [0, 0.05) is 37.6 Å². The molecule has 2 N–H and O–H groups in total. The Kier molecular flexibility index (Phi) is 3.24. The Morgan fingerprint density at radius 1 is 1.14 bits per heavy atom. The van der Waals surface area contributed by atoms with E-state index in [0.29, 0.717) is 19.0 Å². The Morgan fingerprint density at radius 3 is 2.48 bits per heavy atom. The van der Waals surface area contributed by atoms with Gasteiger partial charge in [0.1, 0.15) is 0 Å². The van der Waals surface area contributed by atoms with E-state index in [4.69, 9.17) is 5.73 Å². The fraction of sp³-hybridized carbons (Fsp3) is 0.455. The number of anilines is 1. The third kappa shape index (κ3) is 2.53. The maximum absolute atomic E-state index is 12.7. The van der Waals surface area contributed by atoms with Crippen molar-refractivity contribution in [1.82, 2.24) is 24.7 Å². The second-order valence-electron chi connectivity index (χ2n) is 4.61. The van der Waals surface area contributed by atoms with E-state index in [1.54, 1.807) is 17.3 Å². The Morgan fingerprint density at radius 2 is 1.86 bits per heavy atom. The van der Waals surface area contributed by atoms with Gasteiger partial charge < -0.3 is 15.2 Å². The molecule has 0 saturated heterocycles. The highest BCUT2D eigenvalue weighted by Crippen LogP contribution is 2.29. The first-order chi connectivity index (χ1) is 9.99. The lowest BCUT2D eigenvalue weighted by Gasteiger charge is -2.27. The summed E-state index contributed by atoms with van der Waals surface area (Å²) >= 11 is 0. The molecule has 0 radical (unpaired) electrons. The third-order valence-electron chi connectivity index (χ3n) is 3.22. The van der Waals surface area contributed by atoms with Crippen molar-refractivity contribution in [3.63, 3.8) is 0 Å². The van der Waals surface area contributed by atoms with Gasteiger partial charge in [-0.3, -0.25) is 0 Å². The van der Waals surface area contributed by atoms with Gasteiger partial charge in [-0.1, -0.05) is 0 Å². The molecule has 0 amide bonds. The SMILES string of the molecule is NCc1cnc(N2CCn3c(nnc3C(F)(F)F)C2)nc1. The molecule has 0 aliphatic carbocycles. The molecular weight excluding hydrogens is 287 g/mol. The monoisotopic (exact) mass is 299 g/mol. The van der Waals surface area contributed by atoms with E-state index in [9.17, 15) is 13.2 Å². The summed E-state index contributed by atoms with van der Waals surface area (Å²) in [7, 11) is 0. The summed E-state index contributed by atoms with van der Waals surface area (Å²) in [5.74, 6) is -0.272. The smallest absolute Gasteiger partial charge is 0.331 e. The fourth-order valence-electron chi connectivity index (χ4n) is 2.15. The summed E-state index contributed by atoms with van der Waals surface area (Å²) in [5.41, 5.74) is 6.25. The van der Waals surface area contributed by atoms with Crippen molar-refractivity contribution in [3.05, 3.63) is 29.6 Å². The number of alkyl halides is 3. The van der Waals surface area contributed by atoms with E-state index in [2.05, 4.69) is 20.2 Å². The van der Waals surface area contributed by atoms with Crippen LogP contribution in [-0.2, 0) is 25.8 Å². The van der Waals surface area contributed by atoms with Gasteiger partial charge in [-0.05, 0) is 0 Å². The quantitative estimate of drug-likeness (QED) is 0.872. The summed E-state index contributed by atoms with van der Waals surface area (Å²) in [6.07, 6.45) is -1.29. The zero-order valence-corrected chi connectivity index (χ0v) is 10.9. The molecular formula is C11H12F3N7. The highest BCUT2D eigenvalue weighted by molar-refractivity contribution is 5.31. The van der Waals surface area contributed by atoms with Gasteiger partial charge in [0.05, 0.1) is 6.54 Å². The van der Waals surface area contributed by atoms with E-state index in [-0.39, 0.29) is 18.9 Å². The number of aromatic nitrogens is 5. The second-order valence-corrected chi connectivity index (χ2v) is 4.61. The molecule has 10 heteroatoms. The molecule has 2 aromatic heterocycles.